The highest BCUT2D eigenvalue weighted by Crippen LogP contribution is 2.18. The maximum absolute atomic E-state index is 5.64. The first-order valence-electron chi connectivity index (χ1n) is 4.49. The Hall–Kier alpha value is 0.650. The van der Waals surface area contributed by atoms with E-state index in [4.69, 9.17) is 4.84 Å². The molecule has 0 aliphatic heterocycles. The molecule has 0 bridgehead atoms. The molecule has 0 amide bonds. The summed E-state index contributed by atoms with van der Waals surface area (Å²) in [5, 5.41) is 0. The number of hydroxylamine groups is 1. The predicted octanol–water partition coefficient (Wildman–Crippen LogP) is 3.27. The highest BCUT2D eigenvalue weighted by atomic mass is 127. The van der Waals surface area contributed by atoms with Crippen molar-refractivity contribution in [3.63, 3.8) is 0 Å². The van der Waals surface area contributed by atoms with E-state index < -0.39 is 0 Å². The highest BCUT2D eigenvalue weighted by Gasteiger charge is 2.17. The van der Waals surface area contributed by atoms with Crippen molar-refractivity contribution in [3.05, 3.63) is 0 Å². The Labute approximate surface area is 90.1 Å². The molecular formula is C9H20INO. The zero-order valence-electron chi connectivity index (χ0n) is 8.67. The molecule has 0 saturated carbocycles. The molecule has 3 heteroatoms. The van der Waals surface area contributed by atoms with Crippen LogP contribution in [0.1, 0.15) is 34.1 Å². The molecular weight excluding hydrogens is 265 g/mol. The fraction of sp³-hybridized carbons (Fsp3) is 1.00. The smallest absolute Gasteiger partial charge is 0.0828 e. The van der Waals surface area contributed by atoms with Crippen molar-refractivity contribution >= 4 is 22.9 Å². The van der Waals surface area contributed by atoms with Gasteiger partial charge in [0.05, 0.1) is 6.10 Å². The molecule has 0 saturated heterocycles. The van der Waals surface area contributed by atoms with Gasteiger partial charge in [0, 0.05) is 29.9 Å². The van der Waals surface area contributed by atoms with Gasteiger partial charge in [0.25, 0.3) is 0 Å². The van der Waals surface area contributed by atoms with E-state index in [9.17, 15) is 0 Å². The van der Waals surface area contributed by atoms with Crippen LogP contribution in [0.5, 0.6) is 0 Å². The fourth-order valence-electron chi connectivity index (χ4n) is 1.09. The second-order valence-electron chi connectivity index (χ2n) is 3.94. The van der Waals surface area contributed by atoms with Gasteiger partial charge in [0.15, 0.2) is 0 Å². The van der Waals surface area contributed by atoms with Crippen molar-refractivity contribution in [2.24, 2.45) is 11.8 Å². The molecule has 0 aromatic heterocycles. The molecule has 0 spiro atoms. The van der Waals surface area contributed by atoms with Crippen LogP contribution in [0, 0.1) is 11.8 Å². The summed E-state index contributed by atoms with van der Waals surface area (Å²) in [6, 6.07) is 0. The Morgan fingerprint density at radius 3 is 2.00 bits per heavy atom. The Bertz CT molecular complexity index is 105. The maximum atomic E-state index is 5.64. The normalized spacial score (nSPS) is 14.8. The van der Waals surface area contributed by atoms with Gasteiger partial charge in [-0.2, -0.15) is 0 Å². The Morgan fingerprint density at radius 1 is 1.25 bits per heavy atom. The van der Waals surface area contributed by atoms with E-state index in [0.29, 0.717) is 17.9 Å². The molecule has 2 nitrogen and oxygen atoms in total. The summed E-state index contributed by atoms with van der Waals surface area (Å²) in [7, 11) is 1.93. The summed E-state index contributed by atoms with van der Waals surface area (Å²) in [5.41, 5.74) is 0. The van der Waals surface area contributed by atoms with E-state index in [0.717, 1.165) is 6.42 Å². The van der Waals surface area contributed by atoms with Crippen LogP contribution < -0.4 is 0 Å². The van der Waals surface area contributed by atoms with Gasteiger partial charge in [-0.15, -0.1) is 3.28 Å². The number of hydrogen-bond acceptors (Lipinski definition) is 2. The van der Waals surface area contributed by atoms with Gasteiger partial charge < -0.3 is 0 Å². The minimum absolute atomic E-state index is 0.354. The average Bonchev–Trinajstić information content (AvgIpc) is 1.83. The van der Waals surface area contributed by atoms with Gasteiger partial charge in [-0.25, -0.2) is 0 Å². The summed E-state index contributed by atoms with van der Waals surface area (Å²) in [6.45, 7) is 8.86. The molecule has 0 N–H and O–H groups in total. The van der Waals surface area contributed by atoms with Crippen LogP contribution >= 0.6 is 22.9 Å². The number of nitrogens with zero attached hydrogens (tertiary/aromatic N) is 1. The lowest BCUT2D eigenvalue weighted by Crippen LogP contribution is -2.26. The van der Waals surface area contributed by atoms with E-state index in [1.165, 1.54) is 0 Å². The number of hydrogen-bond donors (Lipinski definition) is 0. The van der Waals surface area contributed by atoms with Gasteiger partial charge in [-0.1, -0.05) is 27.7 Å². The van der Waals surface area contributed by atoms with Crippen LogP contribution in [-0.4, -0.2) is 16.4 Å². The molecule has 1 unspecified atom stereocenters. The lowest BCUT2D eigenvalue weighted by Gasteiger charge is -2.24. The van der Waals surface area contributed by atoms with Crippen molar-refractivity contribution in [1.82, 2.24) is 3.28 Å². The second-order valence-corrected chi connectivity index (χ2v) is 5.30. The Kier molecular flexibility index (Phi) is 6.49. The van der Waals surface area contributed by atoms with Gasteiger partial charge >= 0.3 is 0 Å². The molecule has 0 aromatic rings. The van der Waals surface area contributed by atoms with Crippen LogP contribution in [0.3, 0.4) is 0 Å². The first kappa shape index (κ1) is 12.7. The van der Waals surface area contributed by atoms with E-state index >= 15 is 0 Å². The standard InChI is InChI=1S/C9H20INO/c1-7(2)6-9(8(3)4)12-11(5)10/h7-9H,6H2,1-5H3. The topological polar surface area (TPSA) is 12.5 Å². The molecule has 0 aromatic carbocycles. The van der Waals surface area contributed by atoms with Crippen LogP contribution in [0.2, 0.25) is 0 Å². The third-order valence-corrected chi connectivity index (χ3v) is 1.96. The molecule has 0 radical (unpaired) electrons. The number of rotatable bonds is 5. The minimum Gasteiger partial charge on any atom is -0.286 e. The predicted molar refractivity (Wildman–Crippen MR) is 60.9 cm³/mol. The van der Waals surface area contributed by atoms with Gasteiger partial charge in [0.1, 0.15) is 0 Å². The molecule has 0 aliphatic rings. The molecule has 0 heterocycles. The summed E-state index contributed by atoms with van der Waals surface area (Å²) in [4.78, 5) is 5.64. The van der Waals surface area contributed by atoms with E-state index in [1.807, 2.05) is 7.05 Å². The van der Waals surface area contributed by atoms with Crippen molar-refractivity contribution in [3.8, 4) is 0 Å². The first-order valence-corrected chi connectivity index (χ1v) is 5.46. The van der Waals surface area contributed by atoms with E-state index in [1.54, 1.807) is 3.28 Å². The average molecular weight is 285 g/mol. The molecule has 1 atom stereocenters. The first-order chi connectivity index (χ1) is 5.43. The summed E-state index contributed by atoms with van der Waals surface area (Å²) >= 11 is 2.15. The summed E-state index contributed by atoms with van der Waals surface area (Å²) in [5.74, 6) is 1.29. The lowest BCUT2D eigenvalue weighted by atomic mass is 9.97. The fourth-order valence-corrected chi connectivity index (χ4v) is 1.38. The van der Waals surface area contributed by atoms with Gasteiger partial charge in [-0.3, -0.25) is 4.84 Å². The molecule has 0 fully saturated rings. The van der Waals surface area contributed by atoms with Crippen molar-refractivity contribution in [2.45, 2.75) is 40.2 Å². The van der Waals surface area contributed by atoms with Crippen LogP contribution in [0.15, 0.2) is 0 Å². The third-order valence-electron chi connectivity index (χ3n) is 1.73. The molecule has 12 heavy (non-hydrogen) atoms. The second kappa shape index (κ2) is 6.16. The minimum atomic E-state index is 0.354. The zero-order chi connectivity index (χ0) is 9.72. The largest absolute Gasteiger partial charge is 0.286 e. The number of halogens is 1. The lowest BCUT2D eigenvalue weighted by molar-refractivity contribution is -0.118. The molecule has 0 rings (SSSR count). The van der Waals surface area contributed by atoms with Crippen molar-refractivity contribution in [1.29, 1.82) is 0 Å². The van der Waals surface area contributed by atoms with Crippen LogP contribution in [0.25, 0.3) is 0 Å². The van der Waals surface area contributed by atoms with E-state index in [-0.39, 0.29) is 0 Å². The summed E-state index contributed by atoms with van der Waals surface area (Å²) in [6.07, 6.45) is 1.48. The Morgan fingerprint density at radius 2 is 1.75 bits per heavy atom. The SMILES string of the molecule is CC(C)CC(ON(C)I)C(C)C. The van der Waals surface area contributed by atoms with Gasteiger partial charge in [-0.05, 0) is 18.3 Å². The van der Waals surface area contributed by atoms with Gasteiger partial charge in [0.2, 0.25) is 0 Å². The van der Waals surface area contributed by atoms with Crippen LogP contribution in [-0.2, 0) is 4.84 Å². The van der Waals surface area contributed by atoms with Crippen LogP contribution in [0.4, 0.5) is 0 Å². The Balaban J connectivity index is 3.87. The highest BCUT2D eigenvalue weighted by molar-refractivity contribution is 14.1. The molecule has 74 valence electrons. The van der Waals surface area contributed by atoms with Crippen molar-refractivity contribution < 1.29 is 4.84 Å². The monoisotopic (exact) mass is 285 g/mol. The third kappa shape index (κ3) is 6.20. The zero-order valence-corrected chi connectivity index (χ0v) is 10.8. The van der Waals surface area contributed by atoms with Crippen molar-refractivity contribution in [2.75, 3.05) is 7.05 Å². The summed E-state index contributed by atoms with van der Waals surface area (Å²) < 4.78 is 1.77. The van der Waals surface area contributed by atoms with E-state index in [2.05, 4.69) is 50.6 Å². The molecule has 0 aliphatic carbocycles. The quantitative estimate of drug-likeness (QED) is 0.437. The maximum Gasteiger partial charge on any atom is 0.0828 e.